The first kappa shape index (κ1) is 12.2. The molecule has 0 bridgehead atoms. The van der Waals surface area contributed by atoms with Crippen LogP contribution < -0.4 is 10.6 Å². The van der Waals surface area contributed by atoms with Gasteiger partial charge in [0.25, 0.3) is 0 Å². The van der Waals surface area contributed by atoms with Crippen molar-refractivity contribution in [3.8, 4) is 0 Å². The molecule has 1 heterocycles. The van der Waals surface area contributed by atoms with Gasteiger partial charge >= 0.3 is 0 Å². The molecule has 1 amide bonds. The maximum absolute atomic E-state index is 11.3. The highest BCUT2D eigenvalue weighted by atomic mass is 16.5. The third-order valence-electron chi connectivity index (χ3n) is 2.47. The van der Waals surface area contributed by atoms with E-state index in [0.29, 0.717) is 19.0 Å². The fourth-order valence-corrected chi connectivity index (χ4v) is 1.58. The molecule has 1 fully saturated rings. The van der Waals surface area contributed by atoms with E-state index < -0.39 is 0 Å². The zero-order chi connectivity index (χ0) is 10.9. The van der Waals surface area contributed by atoms with Gasteiger partial charge in [0.1, 0.15) is 0 Å². The Morgan fingerprint density at radius 2 is 2.47 bits per heavy atom. The lowest BCUT2D eigenvalue weighted by atomic mass is 10.1. The summed E-state index contributed by atoms with van der Waals surface area (Å²) in [4.78, 5) is 11.3. The summed E-state index contributed by atoms with van der Waals surface area (Å²) < 4.78 is 5.26. The van der Waals surface area contributed by atoms with Gasteiger partial charge in [-0.25, -0.2) is 0 Å². The van der Waals surface area contributed by atoms with Gasteiger partial charge < -0.3 is 15.4 Å². The number of carbonyl (C=O) groups excluding carboxylic acids is 1. The molecule has 0 radical (unpaired) electrons. The van der Waals surface area contributed by atoms with E-state index in [2.05, 4.69) is 17.2 Å². The molecule has 0 aliphatic carbocycles. The molecule has 86 valence electrons. The highest BCUT2D eigenvalue weighted by molar-refractivity contribution is 5.77. The molecule has 0 spiro atoms. The zero-order valence-electron chi connectivity index (χ0n) is 9.13. The second-order valence-electron chi connectivity index (χ2n) is 3.79. The molecule has 4 nitrogen and oxygen atoms in total. The number of hydrogen-bond donors (Lipinski definition) is 2. The summed E-state index contributed by atoms with van der Waals surface area (Å²) in [7, 11) is 0. The first-order valence-electron chi connectivity index (χ1n) is 5.49. The molecule has 0 aromatic carbocycles. The highest BCUT2D eigenvalue weighted by Gasteiger charge is 2.14. The Bertz CT molecular complexity index is 201. The normalized spacial score (nSPS) is 20.1. The Labute approximate surface area is 91.1 Å². The summed E-state index contributed by atoms with van der Waals surface area (Å²) in [5.41, 5.74) is 0. The number of ether oxygens (including phenoxy) is 1. The van der Waals surface area contributed by atoms with E-state index >= 15 is 0 Å². The minimum Gasteiger partial charge on any atom is -0.381 e. The van der Waals surface area contributed by atoms with Gasteiger partial charge in [-0.2, -0.15) is 0 Å². The van der Waals surface area contributed by atoms with Crippen LogP contribution in [0.2, 0.25) is 0 Å². The average molecular weight is 212 g/mol. The van der Waals surface area contributed by atoms with Crippen LogP contribution in [0.4, 0.5) is 0 Å². The van der Waals surface area contributed by atoms with E-state index in [0.717, 1.165) is 32.6 Å². The Morgan fingerprint density at radius 3 is 3.13 bits per heavy atom. The van der Waals surface area contributed by atoms with E-state index in [1.54, 1.807) is 6.08 Å². The maximum atomic E-state index is 11.3. The summed E-state index contributed by atoms with van der Waals surface area (Å²) in [6.45, 7) is 7.08. The fraction of sp³-hybridized carbons (Fsp3) is 0.727. The average Bonchev–Trinajstić information content (AvgIpc) is 2.71. The lowest BCUT2D eigenvalue weighted by Gasteiger charge is -2.08. The van der Waals surface area contributed by atoms with E-state index in [9.17, 15) is 4.79 Å². The minimum atomic E-state index is 0.0516. The van der Waals surface area contributed by atoms with Gasteiger partial charge in [0.05, 0.1) is 6.54 Å². The van der Waals surface area contributed by atoms with E-state index in [4.69, 9.17) is 4.74 Å². The number of hydrogen-bond acceptors (Lipinski definition) is 3. The van der Waals surface area contributed by atoms with Crippen LogP contribution in [0.1, 0.15) is 12.8 Å². The van der Waals surface area contributed by atoms with Gasteiger partial charge in [-0.3, -0.25) is 4.79 Å². The summed E-state index contributed by atoms with van der Waals surface area (Å²) in [6.07, 6.45) is 3.89. The minimum absolute atomic E-state index is 0.0516. The molecule has 1 unspecified atom stereocenters. The summed E-state index contributed by atoms with van der Waals surface area (Å²) in [5, 5.41) is 5.84. The molecular formula is C11H20N2O2. The molecular weight excluding hydrogens is 192 g/mol. The number of carbonyl (C=O) groups is 1. The molecule has 1 atom stereocenters. The van der Waals surface area contributed by atoms with Gasteiger partial charge in [0, 0.05) is 26.3 Å². The van der Waals surface area contributed by atoms with Gasteiger partial charge in [-0.15, -0.1) is 6.58 Å². The largest absolute Gasteiger partial charge is 0.381 e. The van der Waals surface area contributed by atoms with Crippen molar-refractivity contribution in [1.29, 1.82) is 0 Å². The van der Waals surface area contributed by atoms with Crippen molar-refractivity contribution in [1.82, 2.24) is 10.6 Å². The monoisotopic (exact) mass is 212 g/mol. The highest BCUT2D eigenvalue weighted by Crippen LogP contribution is 2.14. The molecule has 0 aromatic heterocycles. The Kier molecular flexibility index (Phi) is 6.04. The zero-order valence-corrected chi connectivity index (χ0v) is 9.13. The van der Waals surface area contributed by atoms with Crippen molar-refractivity contribution in [2.45, 2.75) is 12.8 Å². The Morgan fingerprint density at radius 1 is 1.60 bits per heavy atom. The first-order valence-corrected chi connectivity index (χ1v) is 5.49. The molecule has 0 aromatic rings. The third kappa shape index (κ3) is 5.54. The van der Waals surface area contributed by atoms with Crippen molar-refractivity contribution in [2.24, 2.45) is 5.92 Å². The molecule has 4 heteroatoms. The van der Waals surface area contributed by atoms with E-state index in [1.807, 2.05) is 0 Å². The molecule has 1 rings (SSSR count). The van der Waals surface area contributed by atoms with Gasteiger partial charge in [0.15, 0.2) is 0 Å². The predicted molar refractivity (Wildman–Crippen MR) is 59.6 cm³/mol. The van der Waals surface area contributed by atoms with E-state index in [-0.39, 0.29) is 5.91 Å². The summed E-state index contributed by atoms with van der Waals surface area (Å²) >= 11 is 0. The smallest absolute Gasteiger partial charge is 0.233 e. The van der Waals surface area contributed by atoms with Crippen molar-refractivity contribution in [3.05, 3.63) is 12.7 Å². The van der Waals surface area contributed by atoms with Crippen molar-refractivity contribution < 1.29 is 9.53 Å². The van der Waals surface area contributed by atoms with Gasteiger partial charge in [-0.1, -0.05) is 6.08 Å². The SMILES string of the molecule is C=CCNCC(=O)NCCC1CCOC1. The summed E-state index contributed by atoms with van der Waals surface area (Å²) in [5.74, 6) is 0.683. The molecule has 1 saturated heterocycles. The summed E-state index contributed by atoms with van der Waals surface area (Å²) in [6, 6.07) is 0. The van der Waals surface area contributed by atoms with Crippen LogP contribution in [-0.4, -0.2) is 38.8 Å². The van der Waals surface area contributed by atoms with Crippen LogP contribution in [0.15, 0.2) is 12.7 Å². The van der Waals surface area contributed by atoms with E-state index in [1.165, 1.54) is 0 Å². The first-order chi connectivity index (χ1) is 7.33. The van der Waals surface area contributed by atoms with Crippen LogP contribution >= 0.6 is 0 Å². The quantitative estimate of drug-likeness (QED) is 0.471. The predicted octanol–water partition coefficient (Wildman–Crippen LogP) is 0.305. The molecule has 1 aliphatic heterocycles. The van der Waals surface area contributed by atoms with Crippen molar-refractivity contribution in [3.63, 3.8) is 0 Å². The van der Waals surface area contributed by atoms with Crippen LogP contribution in [0.3, 0.4) is 0 Å². The molecule has 2 N–H and O–H groups in total. The Hall–Kier alpha value is -0.870. The standard InChI is InChI=1S/C11H20N2O2/c1-2-5-12-8-11(14)13-6-3-10-4-7-15-9-10/h2,10,12H,1,3-9H2,(H,13,14). The lowest BCUT2D eigenvalue weighted by Crippen LogP contribution is -2.35. The Balaban J connectivity index is 1.93. The third-order valence-corrected chi connectivity index (χ3v) is 2.47. The van der Waals surface area contributed by atoms with Gasteiger partial charge in [-0.05, 0) is 18.8 Å². The van der Waals surface area contributed by atoms with Crippen LogP contribution in [0.25, 0.3) is 0 Å². The second-order valence-corrected chi connectivity index (χ2v) is 3.79. The maximum Gasteiger partial charge on any atom is 0.233 e. The second kappa shape index (κ2) is 7.43. The molecule has 0 saturated carbocycles. The number of amides is 1. The van der Waals surface area contributed by atoms with Crippen molar-refractivity contribution >= 4 is 5.91 Å². The fourth-order valence-electron chi connectivity index (χ4n) is 1.58. The van der Waals surface area contributed by atoms with Crippen LogP contribution in [-0.2, 0) is 9.53 Å². The molecule has 15 heavy (non-hydrogen) atoms. The van der Waals surface area contributed by atoms with Crippen LogP contribution in [0.5, 0.6) is 0 Å². The topological polar surface area (TPSA) is 50.4 Å². The van der Waals surface area contributed by atoms with Crippen molar-refractivity contribution in [2.75, 3.05) is 32.8 Å². The van der Waals surface area contributed by atoms with Crippen LogP contribution in [0, 0.1) is 5.92 Å². The number of rotatable bonds is 7. The number of nitrogens with one attached hydrogen (secondary N) is 2. The molecule has 1 aliphatic rings. The lowest BCUT2D eigenvalue weighted by molar-refractivity contribution is -0.120. The van der Waals surface area contributed by atoms with Gasteiger partial charge in [0.2, 0.25) is 5.91 Å².